The third kappa shape index (κ3) is 3.78. The van der Waals surface area contributed by atoms with E-state index in [1.165, 1.54) is 13.2 Å². The molecule has 2 aromatic rings. The quantitative estimate of drug-likeness (QED) is 0.743. The molecule has 2 rings (SSSR count). The van der Waals surface area contributed by atoms with Gasteiger partial charge in [0, 0.05) is 8.95 Å². The van der Waals surface area contributed by atoms with Crippen molar-refractivity contribution in [1.29, 1.82) is 0 Å². The molecular formula is C14H13Br2NO3S. The van der Waals surface area contributed by atoms with Crippen LogP contribution in [0.1, 0.15) is 5.56 Å². The number of anilines is 1. The van der Waals surface area contributed by atoms with Crippen molar-refractivity contribution < 1.29 is 13.2 Å². The lowest BCUT2D eigenvalue weighted by atomic mass is 10.2. The molecule has 0 saturated carbocycles. The Balaban J connectivity index is 2.44. The Hall–Kier alpha value is -1.05. The van der Waals surface area contributed by atoms with Gasteiger partial charge in [-0.1, -0.05) is 31.9 Å². The van der Waals surface area contributed by atoms with Gasteiger partial charge in [-0.2, -0.15) is 0 Å². The van der Waals surface area contributed by atoms with Crippen molar-refractivity contribution in [3.63, 3.8) is 0 Å². The van der Waals surface area contributed by atoms with Gasteiger partial charge in [-0.3, -0.25) is 0 Å². The molecule has 0 radical (unpaired) electrons. The highest BCUT2D eigenvalue weighted by Crippen LogP contribution is 2.30. The zero-order valence-electron chi connectivity index (χ0n) is 11.1. The second-order valence-electron chi connectivity index (χ2n) is 4.40. The zero-order valence-corrected chi connectivity index (χ0v) is 15.1. The van der Waals surface area contributed by atoms with Crippen LogP contribution in [-0.2, 0) is 15.6 Å². The molecule has 0 atom stereocenters. The maximum atomic E-state index is 12.6. The molecule has 2 aromatic carbocycles. The average Bonchev–Trinajstić information content (AvgIpc) is 2.43. The van der Waals surface area contributed by atoms with E-state index >= 15 is 0 Å². The van der Waals surface area contributed by atoms with Gasteiger partial charge < -0.3 is 10.5 Å². The van der Waals surface area contributed by atoms with Gasteiger partial charge in [-0.15, -0.1) is 0 Å². The predicted molar refractivity (Wildman–Crippen MR) is 90.1 cm³/mol. The second kappa shape index (κ2) is 6.37. The Morgan fingerprint density at radius 3 is 2.52 bits per heavy atom. The van der Waals surface area contributed by atoms with Crippen molar-refractivity contribution in [2.45, 2.75) is 10.6 Å². The lowest BCUT2D eigenvalue weighted by Gasteiger charge is -2.10. The Bertz CT molecular complexity index is 776. The second-order valence-corrected chi connectivity index (χ2v) is 8.13. The number of benzene rings is 2. The van der Waals surface area contributed by atoms with E-state index in [9.17, 15) is 8.42 Å². The summed E-state index contributed by atoms with van der Waals surface area (Å²) in [5.74, 6) is 0.441. The molecule has 21 heavy (non-hydrogen) atoms. The van der Waals surface area contributed by atoms with Crippen LogP contribution in [0.25, 0.3) is 0 Å². The van der Waals surface area contributed by atoms with Crippen molar-refractivity contribution in [1.82, 2.24) is 0 Å². The van der Waals surface area contributed by atoms with Gasteiger partial charge in [-0.25, -0.2) is 8.42 Å². The number of hydrogen-bond donors (Lipinski definition) is 1. The smallest absolute Gasteiger partial charge is 0.184 e. The summed E-state index contributed by atoms with van der Waals surface area (Å²) in [5, 5.41) is 0. The molecule has 2 N–H and O–H groups in total. The van der Waals surface area contributed by atoms with Crippen LogP contribution in [0.5, 0.6) is 5.75 Å². The number of nitrogens with two attached hydrogens (primary N) is 1. The molecule has 0 aliphatic heterocycles. The minimum absolute atomic E-state index is 0.117. The summed E-state index contributed by atoms with van der Waals surface area (Å²) in [6.07, 6.45) is 0. The van der Waals surface area contributed by atoms with Gasteiger partial charge in [0.1, 0.15) is 5.75 Å². The number of methoxy groups -OCH3 is 1. The van der Waals surface area contributed by atoms with Crippen LogP contribution >= 0.6 is 31.9 Å². The van der Waals surface area contributed by atoms with E-state index in [2.05, 4.69) is 31.9 Å². The van der Waals surface area contributed by atoms with Crippen LogP contribution in [0.15, 0.2) is 50.2 Å². The fourth-order valence-electron chi connectivity index (χ4n) is 1.85. The summed E-state index contributed by atoms with van der Waals surface area (Å²) in [7, 11) is -2.02. The molecule has 0 bridgehead atoms. The van der Waals surface area contributed by atoms with E-state index in [-0.39, 0.29) is 16.3 Å². The standard InChI is InChI=1S/C14H13Br2NO3S/c1-20-11-3-4-12(16)9(6-11)8-21(18,19)14-7-10(15)2-5-13(14)17/h2-7H,8,17H2,1H3. The topological polar surface area (TPSA) is 69.4 Å². The number of hydrogen-bond acceptors (Lipinski definition) is 4. The molecule has 7 heteroatoms. The van der Waals surface area contributed by atoms with Crippen molar-refractivity contribution in [2.75, 3.05) is 12.8 Å². The molecule has 0 aromatic heterocycles. The molecule has 0 amide bonds. The summed E-state index contributed by atoms with van der Waals surface area (Å²) in [6.45, 7) is 0. The van der Waals surface area contributed by atoms with Crippen molar-refractivity contribution >= 4 is 47.4 Å². The first kappa shape index (κ1) is 16.3. The first-order valence-electron chi connectivity index (χ1n) is 5.93. The fraction of sp³-hybridized carbons (Fsp3) is 0.143. The molecule has 0 unspecified atom stereocenters. The number of nitrogen functional groups attached to an aromatic ring is 1. The van der Waals surface area contributed by atoms with Gasteiger partial charge in [0.2, 0.25) is 0 Å². The Morgan fingerprint density at radius 2 is 1.86 bits per heavy atom. The summed E-state index contributed by atoms with van der Waals surface area (Å²) in [4.78, 5) is 0.117. The molecule has 112 valence electrons. The van der Waals surface area contributed by atoms with Gasteiger partial charge >= 0.3 is 0 Å². The third-order valence-electron chi connectivity index (χ3n) is 2.91. The van der Waals surface area contributed by atoms with Gasteiger partial charge in [0.15, 0.2) is 9.84 Å². The van der Waals surface area contributed by atoms with E-state index in [1.807, 2.05) is 0 Å². The number of sulfone groups is 1. The van der Waals surface area contributed by atoms with Crippen LogP contribution in [0, 0.1) is 0 Å². The van der Waals surface area contributed by atoms with E-state index in [1.54, 1.807) is 30.3 Å². The highest BCUT2D eigenvalue weighted by Gasteiger charge is 2.20. The molecule has 0 aliphatic carbocycles. The van der Waals surface area contributed by atoms with Crippen LogP contribution in [0.2, 0.25) is 0 Å². The van der Waals surface area contributed by atoms with E-state index in [0.717, 1.165) is 0 Å². The fourth-order valence-corrected chi connectivity index (χ4v) is 4.47. The Labute approximate surface area is 140 Å². The highest BCUT2D eigenvalue weighted by molar-refractivity contribution is 9.10. The zero-order chi connectivity index (χ0) is 15.6. The minimum Gasteiger partial charge on any atom is -0.497 e. The van der Waals surface area contributed by atoms with Gasteiger partial charge in [0.25, 0.3) is 0 Å². The monoisotopic (exact) mass is 433 g/mol. The normalized spacial score (nSPS) is 11.4. The summed E-state index contributed by atoms with van der Waals surface area (Å²) >= 11 is 6.62. The largest absolute Gasteiger partial charge is 0.497 e. The SMILES string of the molecule is COc1ccc(Br)c(CS(=O)(=O)c2cc(Br)ccc2N)c1. The number of halogens is 2. The number of rotatable bonds is 4. The van der Waals surface area contributed by atoms with Crippen LogP contribution in [-0.4, -0.2) is 15.5 Å². The van der Waals surface area contributed by atoms with Crippen LogP contribution in [0.3, 0.4) is 0 Å². The average molecular weight is 435 g/mol. The summed E-state index contributed by atoms with van der Waals surface area (Å²) in [6, 6.07) is 9.99. The molecule has 0 spiro atoms. The van der Waals surface area contributed by atoms with Gasteiger partial charge in [0.05, 0.1) is 23.4 Å². The maximum Gasteiger partial charge on any atom is 0.184 e. The summed E-state index contributed by atoms with van der Waals surface area (Å²) < 4.78 is 31.6. The molecular weight excluding hydrogens is 422 g/mol. The van der Waals surface area contributed by atoms with E-state index in [0.29, 0.717) is 20.3 Å². The number of ether oxygens (including phenoxy) is 1. The molecule has 0 aliphatic rings. The van der Waals surface area contributed by atoms with Gasteiger partial charge in [-0.05, 0) is 42.0 Å². The highest BCUT2D eigenvalue weighted by atomic mass is 79.9. The van der Waals surface area contributed by atoms with E-state index < -0.39 is 9.84 Å². The van der Waals surface area contributed by atoms with E-state index in [4.69, 9.17) is 10.5 Å². The third-order valence-corrected chi connectivity index (χ3v) is 5.89. The predicted octanol–water partition coefficient (Wildman–Crippen LogP) is 3.78. The van der Waals surface area contributed by atoms with Crippen LogP contribution in [0.4, 0.5) is 5.69 Å². The van der Waals surface area contributed by atoms with Crippen molar-refractivity contribution in [2.24, 2.45) is 0 Å². The molecule has 0 fully saturated rings. The minimum atomic E-state index is -3.55. The van der Waals surface area contributed by atoms with Crippen LogP contribution < -0.4 is 10.5 Å². The maximum absolute atomic E-state index is 12.6. The Morgan fingerprint density at radius 1 is 1.14 bits per heavy atom. The van der Waals surface area contributed by atoms with Crippen molar-refractivity contribution in [3.8, 4) is 5.75 Å². The molecule has 4 nitrogen and oxygen atoms in total. The van der Waals surface area contributed by atoms with Crippen molar-refractivity contribution in [3.05, 3.63) is 50.9 Å². The Kier molecular flexibility index (Phi) is 4.95. The molecule has 0 heterocycles. The molecule has 0 saturated heterocycles. The lowest BCUT2D eigenvalue weighted by molar-refractivity contribution is 0.414. The first-order chi connectivity index (χ1) is 9.83. The summed E-state index contributed by atoms with van der Waals surface area (Å²) in [5.41, 5.74) is 6.64. The first-order valence-corrected chi connectivity index (χ1v) is 9.17. The lowest BCUT2D eigenvalue weighted by Crippen LogP contribution is -2.08.